The predicted molar refractivity (Wildman–Crippen MR) is 76.1 cm³/mol. The predicted octanol–water partition coefficient (Wildman–Crippen LogP) is 1.21. The summed E-state index contributed by atoms with van der Waals surface area (Å²) in [6.45, 7) is 3.89. The molecule has 3 N–H and O–H groups in total. The van der Waals surface area contributed by atoms with Crippen LogP contribution < -0.4 is 11.1 Å². The Kier molecular flexibility index (Phi) is 4.97. The Hall–Kier alpha value is -1.35. The molecular weight excluding hydrogens is 260 g/mol. The van der Waals surface area contributed by atoms with Crippen molar-refractivity contribution in [1.29, 1.82) is 0 Å². The minimum Gasteiger partial charge on any atom is -0.381 e. The van der Waals surface area contributed by atoms with Crippen LogP contribution >= 0.6 is 11.3 Å². The summed E-state index contributed by atoms with van der Waals surface area (Å²) in [6.07, 6.45) is 1.01. The van der Waals surface area contributed by atoms with Crippen molar-refractivity contribution in [1.82, 2.24) is 5.32 Å². The molecule has 1 amide bonds. The van der Waals surface area contributed by atoms with Gasteiger partial charge in [0.1, 0.15) is 0 Å². The van der Waals surface area contributed by atoms with Crippen LogP contribution in [-0.4, -0.2) is 31.7 Å². The summed E-state index contributed by atoms with van der Waals surface area (Å²) in [5.41, 5.74) is 5.98. The number of amides is 1. The van der Waals surface area contributed by atoms with Gasteiger partial charge in [0.05, 0.1) is 23.6 Å². The lowest BCUT2D eigenvalue weighted by Crippen LogP contribution is -2.38. The quantitative estimate of drug-likeness (QED) is 0.817. The van der Waals surface area contributed by atoms with Crippen LogP contribution in [-0.2, 0) is 4.74 Å². The fourth-order valence-electron chi connectivity index (χ4n) is 2.01. The second kappa shape index (κ2) is 6.71. The number of thiophene rings is 1. The van der Waals surface area contributed by atoms with Crippen LogP contribution in [0, 0.1) is 17.8 Å². The zero-order valence-electron chi connectivity index (χ0n) is 10.9. The second-order valence-electron chi connectivity index (χ2n) is 4.59. The highest BCUT2D eigenvalue weighted by molar-refractivity contribution is 7.10. The number of nitrogens with one attached hydrogen (secondary N) is 1. The van der Waals surface area contributed by atoms with E-state index >= 15 is 0 Å². The van der Waals surface area contributed by atoms with Crippen LogP contribution in [0.3, 0.4) is 0 Å². The van der Waals surface area contributed by atoms with Crippen LogP contribution in [0.15, 0.2) is 11.4 Å². The van der Waals surface area contributed by atoms with E-state index in [0.717, 1.165) is 24.5 Å². The van der Waals surface area contributed by atoms with E-state index in [0.29, 0.717) is 18.0 Å². The third kappa shape index (κ3) is 3.80. The molecule has 19 heavy (non-hydrogen) atoms. The molecular formula is C14H18N2O2S. The fourth-order valence-corrected chi connectivity index (χ4v) is 2.77. The molecule has 1 aromatic heterocycles. The third-order valence-electron chi connectivity index (χ3n) is 3.21. The van der Waals surface area contributed by atoms with Gasteiger partial charge >= 0.3 is 0 Å². The lowest BCUT2D eigenvalue weighted by molar-refractivity contribution is 0.0922. The Labute approximate surface area is 117 Å². The summed E-state index contributed by atoms with van der Waals surface area (Å²) in [7, 11) is 0. The molecule has 0 saturated carbocycles. The SMILES string of the molecule is CC(NC(=O)c1csc(C#CCN)c1)C1CCOC1. The Bertz CT molecular complexity index is 495. The highest BCUT2D eigenvalue weighted by Gasteiger charge is 2.24. The van der Waals surface area contributed by atoms with Crippen LogP contribution in [0.2, 0.25) is 0 Å². The van der Waals surface area contributed by atoms with Gasteiger partial charge < -0.3 is 15.8 Å². The van der Waals surface area contributed by atoms with E-state index in [1.165, 1.54) is 11.3 Å². The first-order chi connectivity index (χ1) is 9.20. The molecule has 1 saturated heterocycles. The van der Waals surface area contributed by atoms with Crippen LogP contribution in [0.1, 0.15) is 28.6 Å². The van der Waals surface area contributed by atoms with Crippen molar-refractivity contribution in [2.24, 2.45) is 11.7 Å². The monoisotopic (exact) mass is 278 g/mol. The number of ether oxygens (including phenoxy) is 1. The molecule has 1 aromatic rings. The molecule has 0 aromatic carbocycles. The molecule has 5 heteroatoms. The minimum atomic E-state index is -0.0450. The van der Waals surface area contributed by atoms with Crippen molar-refractivity contribution in [3.8, 4) is 11.8 Å². The zero-order valence-corrected chi connectivity index (χ0v) is 11.8. The molecule has 4 nitrogen and oxygen atoms in total. The van der Waals surface area contributed by atoms with Gasteiger partial charge in [-0.1, -0.05) is 11.8 Å². The maximum absolute atomic E-state index is 12.1. The molecule has 1 aliphatic rings. The topological polar surface area (TPSA) is 64.4 Å². The van der Waals surface area contributed by atoms with Gasteiger partial charge in [0.2, 0.25) is 0 Å². The van der Waals surface area contributed by atoms with Gasteiger partial charge in [-0.15, -0.1) is 11.3 Å². The number of rotatable bonds is 3. The van der Waals surface area contributed by atoms with Crippen LogP contribution in [0.25, 0.3) is 0 Å². The molecule has 0 spiro atoms. The van der Waals surface area contributed by atoms with Gasteiger partial charge in [-0.25, -0.2) is 0 Å². The smallest absolute Gasteiger partial charge is 0.252 e. The van der Waals surface area contributed by atoms with E-state index in [-0.39, 0.29) is 11.9 Å². The lowest BCUT2D eigenvalue weighted by atomic mass is 10.0. The van der Waals surface area contributed by atoms with Gasteiger partial charge in [0.15, 0.2) is 0 Å². The van der Waals surface area contributed by atoms with E-state index in [1.807, 2.05) is 12.3 Å². The van der Waals surface area contributed by atoms with E-state index in [9.17, 15) is 4.79 Å². The number of nitrogens with two attached hydrogens (primary N) is 1. The molecule has 2 heterocycles. The number of carbonyl (C=O) groups is 1. The molecule has 0 bridgehead atoms. The third-order valence-corrected chi connectivity index (χ3v) is 4.05. The summed E-state index contributed by atoms with van der Waals surface area (Å²) >= 11 is 1.46. The van der Waals surface area contributed by atoms with E-state index in [1.54, 1.807) is 6.07 Å². The number of hydrogen-bond donors (Lipinski definition) is 2. The first-order valence-electron chi connectivity index (χ1n) is 6.36. The fraction of sp³-hybridized carbons (Fsp3) is 0.500. The molecule has 2 rings (SSSR count). The largest absolute Gasteiger partial charge is 0.381 e. The summed E-state index contributed by atoms with van der Waals surface area (Å²) < 4.78 is 5.33. The van der Waals surface area contributed by atoms with Crippen molar-refractivity contribution in [3.63, 3.8) is 0 Å². The first-order valence-corrected chi connectivity index (χ1v) is 7.24. The minimum absolute atomic E-state index is 0.0450. The Morgan fingerprint density at radius 1 is 1.74 bits per heavy atom. The van der Waals surface area contributed by atoms with E-state index in [2.05, 4.69) is 17.2 Å². The molecule has 102 valence electrons. The molecule has 2 unspecified atom stereocenters. The van der Waals surface area contributed by atoms with Gasteiger partial charge in [-0.3, -0.25) is 4.79 Å². The maximum atomic E-state index is 12.1. The zero-order chi connectivity index (χ0) is 13.7. The van der Waals surface area contributed by atoms with Crippen molar-refractivity contribution in [2.75, 3.05) is 19.8 Å². The number of carbonyl (C=O) groups excluding carboxylic acids is 1. The van der Waals surface area contributed by atoms with E-state index in [4.69, 9.17) is 10.5 Å². The molecule has 0 aliphatic carbocycles. The Morgan fingerprint density at radius 3 is 3.26 bits per heavy atom. The van der Waals surface area contributed by atoms with Crippen molar-refractivity contribution in [2.45, 2.75) is 19.4 Å². The Morgan fingerprint density at radius 2 is 2.58 bits per heavy atom. The molecule has 1 fully saturated rings. The van der Waals surface area contributed by atoms with Crippen molar-refractivity contribution >= 4 is 17.2 Å². The average Bonchev–Trinajstić information content (AvgIpc) is 3.07. The molecule has 0 radical (unpaired) electrons. The summed E-state index contributed by atoms with van der Waals surface area (Å²) in [4.78, 5) is 12.9. The van der Waals surface area contributed by atoms with E-state index < -0.39 is 0 Å². The maximum Gasteiger partial charge on any atom is 0.252 e. The Balaban J connectivity index is 1.93. The van der Waals surface area contributed by atoms with Crippen LogP contribution in [0.5, 0.6) is 0 Å². The highest BCUT2D eigenvalue weighted by Crippen LogP contribution is 2.18. The van der Waals surface area contributed by atoms with Crippen LogP contribution in [0.4, 0.5) is 0 Å². The van der Waals surface area contributed by atoms with Gasteiger partial charge in [0, 0.05) is 23.9 Å². The number of hydrogen-bond acceptors (Lipinski definition) is 4. The molecule has 1 aliphatic heterocycles. The highest BCUT2D eigenvalue weighted by atomic mass is 32.1. The standard InChI is InChI=1S/C14H18N2O2S/c1-10(11-4-6-18-8-11)16-14(17)12-7-13(19-9-12)3-2-5-15/h7,9-11H,4-6,8,15H2,1H3,(H,16,17). The molecule has 2 atom stereocenters. The lowest BCUT2D eigenvalue weighted by Gasteiger charge is -2.18. The first kappa shape index (κ1) is 14.1. The van der Waals surface area contributed by atoms with Crippen molar-refractivity contribution < 1.29 is 9.53 Å². The summed E-state index contributed by atoms with van der Waals surface area (Å²) in [5.74, 6) is 6.08. The summed E-state index contributed by atoms with van der Waals surface area (Å²) in [5, 5.41) is 4.85. The van der Waals surface area contributed by atoms with Gasteiger partial charge in [-0.05, 0) is 19.4 Å². The van der Waals surface area contributed by atoms with Gasteiger partial charge in [0.25, 0.3) is 5.91 Å². The normalized spacial score (nSPS) is 19.6. The second-order valence-corrected chi connectivity index (χ2v) is 5.50. The average molecular weight is 278 g/mol. The van der Waals surface area contributed by atoms with Gasteiger partial charge in [-0.2, -0.15) is 0 Å². The van der Waals surface area contributed by atoms with Crippen molar-refractivity contribution in [3.05, 3.63) is 21.9 Å². The summed E-state index contributed by atoms with van der Waals surface area (Å²) in [6, 6.07) is 1.94.